The number of nitrogens with one attached hydrogen (secondary N) is 1. The van der Waals surface area contributed by atoms with Gasteiger partial charge < -0.3 is 15.5 Å². The van der Waals surface area contributed by atoms with E-state index in [2.05, 4.69) is 29.6 Å². The molecule has 0 heterocycles. The summed E-state index contributed by atoms with van der Waals surface area (Å²) in [6, 6.07) is 20.4. The van der Waals surface area contributed by atoms with Crippen LogP contribution >= 0.6 is 0 Å². The van der Waals surface area contributed by atoms with E-state index in [4.69, 9.17) is 5.11 Å². The fourth-order valence-electron chi connectivity index (χ4n) is 2.58. The summed E-state index contributed by atoms with van der Waals surface area (Å²) in [6.07, 6.45) is 2.57. The Morgan fingerprint density at radius 2 is 1.58 bits per heavy atom. The number of hydrogen-bond donors (Lipinski definition) is 3. The second-order valence-electron chi connectivity index (χ2n) is 6.37. The maximum Gasteiger partial charge on any atom is 0.336 e. The standard InChI is InChI=1S/C20H25NO3/c1-20(24,19(22)23)15-21-18(14-17-10-6-3-7-11-17)13-12-16-8-4-2-5-9-16/h2-11,18,21,24H,12-15H2,1H3,(H,22,23). The molecule has 2 atom stereocenters. The Bertz CT molecular complexity index is 626. The van der Waals surface area contributed by atoms with Crippen LogP contribution in [0, 0.1) is 0 Å². The fourth-order valence-corrected chi connectivity index (χ4v) is 2.58. The van der Waals surface area contributed by atoms with Crippen LogP contribution in [0.5, 0.6) is 0 Å². The zero-order valence-electron chi connectivity index (χ0n) is 14.0. The van der Waals surface area contributed by atoms with Crippen LogP contribution in [-0.4, -0.2) is 34.4 Å². The number of aryl methyl sites for hydroxylation is 1. The number of carboxylic acids is 1. The second-order valence-corrected chi connectivity index (χ2v) is 6.37. The van der Waals surface area contributed by atoms with Gasteiger partial charge in [-0.25, -0.2) is 4.79 Å². The Morgan fingerprint density at radius 3 is 2.12 bits per heavy atom. The minimum Gasteiger partial charge on any atom is -0.479 e. The summed E-state index contributed by atoms with van der Waals surface area (Å²) in [7, 11) is 0. The quantitative estimate of drug-likeness (QED) is 0.662. The maximum absolute atomic E-state index is 11.1. The molecule has 4 heteroatoms. The first-order valence-electron chi connectivity index (χ1n) is 8.24. The van der Waals surface area contributed by atoms with E-state index in [0.717, 1.165) is 19.3 Å². The Kier molecular flexibility index (Phi) is 6.53. The van der Waals surface area contributed by atoms with E-state index in [1.54, 1.807) is 0 Å². The van der Waals surface area contributed by atoms with Crippen molar-refractivity contribution in [3.05, 3.63) is 71.8 Å². The van der Waals surface area contributed by atoms with Gasteiger partial charge in [0.1, 0.15) is 0 Å². The molecule has 0 bridgehead atoms. The SMILES string of the molecule is CC(O)(CNC(CCc1ccccc1)Cc1ccccc1)C(=O)O. The highest BCUT2D eigenvalue weighted by Crippen LogP contribution is 2.12. The Hall–Kier alpha value is -2.17. The predicted molar refractivity (Wildman–Crippen MR) is 95.0 cm³/mol. The third kappa shape index (κ3) is 5.80. The normalized spacial score (nSPS) is 14.8. The van der Waals surface area contributed by atoms with Crippen molar-refractivity contribution in [3.8, 4) is 0 Å². The topological polar surface area (TPSA) is 69.6 Å². The maximum atomic E-state index is 11.1. The van der Waals surface area contributed by atoms with Crippen LogP contribution in [0.25, 0.3) is 0 Å². The molecular weight excluding hydrogens is 302 g/mol. The molecule has 2 aromatic carbocycles. The van der Waals surface area contributed by atoms with Crippen LogP contribution in [0.15, 0.2) is 60.7 Å². The lowest BCUT2D eigenvalue weighted by Crippen LogP contribution is -2.48. The Morgan fingerprint density at radius 1 is 1.04 bits per heavy atom. The molecule has 3 N–H and O–H groups in total. The van der Waals surface area contributed by atoms with Crippen molar-refractivity contribution in [1.82, 2.24) is 5.32 Å². The average Bonchev–Trinajstić information content (AvgIpc) is 2.59. The van der Waals surface area contributed by atoms with E-state index >= 15 is 0 Å². The van der Waals surface area contributed by atoms with E-state index in [1.807, 2.05) is 36.4 Å². The fraction of sp³-hybridized carbons (Fsp3) is 0.350. The van der Waals surface area contributed by atoms with Crippen molar-refractivity contribution in [3.63, 3.8) is 0 Å². The number of hydrogen-bond acceptors (Lipinski definition) is 3. The van der Waals surface area contributed by atoms with Crippen LogP contribution in [-0.2, 0) is 17.6 Å². The molecule has 24 heavy (non-hydrogen) atoms. The summed E-state index contributed by atoms with van der Waals surface area (Å²) in [4.78, 5) is 11.1. The van der Waals surface area contributed by atoms with Gasteiger partial charge in [0.15, 0.2) is 5.60 Å². The zero-order valence-corrected chi connectivity index (χ0v) is 14.0. The number of rotatable bonds is 9. The van der Waals surface area contributed by atoms with Gasteiger partial charge in [-0.3, -0.25) is 0 Å². The van der Waals surface area contributed by atoms with E-state index in [9.17, 15) is 9.90 Å². The first-order valence-corrected chi connectivity index (χ1v) is 8.24. The van der Waals surface area contributed by atoms with Gasteiger partial charge in [-0.2, -0.15) is 0 Å². The van der Waals surface area contributed by atoms with Crippen LogP contribution < -0.4 is 5.32 Å². The lowest BCUT2D eigenvalue weighted by molar-refractivity contribution is -0.156. The Balaban J connectivity index is 1.99. The summed E-state index contributed by atoms with van der Waals surface area (Å²) in [6.45, 7) is 1.34. The molecule has 128 valence electrons. The average molecular weight is 327 g/mol. The molecule has 0 aromatic heterocycles. The number of carbonyl (C=O) groups is 1. The summed E-state index contributed by atoms with van der Waals surface area (Å²) >= 11 is 0. The van der Waals surface area contributed by atoms with Crippen molar-refractivity contribution in [2.24, 2.45) is 0 Å². The number of benzene rings is 2. The van der Waals surface area contributed by atoms with Crippen LogP contribution in [0.4, 0.5) is 0 Å². The lowest BCUT2D eigenvalue weighted by Gasteiger charge is -2.24. The van der Waals surface area contributed by atoms with Gasteiger partial charge in [0.2, 0.25) is 0 Å². The molecule has 0 fully saturated rings. The molecular formula is C20H25NO3. The molecule has 0 spiro atoms. The van der Waals surface area contributed by atoms with Gasteiger partial charge in [0.25, 0.3) is 0 Å². The summed E-state index contributed by atoms with van der Waals surface area (Å²) < 4.78 is 0. The minimum atomic E-state index is -1.76. The van der Waals surface area contributed by atoms with Gasteiger partial charge >= 0.3 is 5.97 Å². The summed E-state index contributed by atoms with van der Waals surface area (Å²) in [5.41, 5.74) is 0.683. The zero-order chi connectivity index (χ0) is 17.4. The molecule has 0 aliphatic rings. The molecule has 0 saturated heterocycles. The van der Waals surface area contributed by atoms with E-state index < -0.39 is 11.6 Å². The first kappa shape index (κ1) is 18.2. The van der Waals surface area contributed by atoms with Crippen molar-refractivity contribution in [1.29, 1.82) is 0 Å². The molecule has 0 saturated carbocycles. The lowest BCUT2D eigenvalue weighted by atomic mass is 9.98. The highest BCUT2D eigenvalue weighted by atomic mass is 16.4. The third-order valence-corrected chi connectivity index (χ3v) is 4.14. The number of aliphatic hydroxyl groups is 1. The predicted octanol–water partition coefficient (Wildman–Crippen LogP) is 2.66. The molecule has 0 aliphatic heterocycles. The van der Waals surface area contributed by atoms with Gasteiger partial charge in [-0.1, -0.05) is 60.7 Å². The molecule has 4 nitrogen and oxygen atoms in total. The van der Waals surface area contributed by atoms with Crippen molar-refractivity contribution in [2.45, 2.75) is 37.8 Å². The van der Waals surface area contributed by atoms with Crippen molar-refractivity contribution < 1.29 is 15.0 Å². The highest BCUT2D eigenvalue weighted by Gasteiger charge is 2.30. The van der Waals surface area contributed by atoms with Crippen LogP contribution in [0.2, 0.25) is 0 Å². The molecule has 0 amide bonds. The van der Waals surface area contributed by atoms with Gasteiger partial charge in [-0.15, -0.1) is 0 Å². The molecule has 2 unspecified atom stereocenters. The summed E-state index contributed by atoms with van der Waals surface area (Å²) in [5.74, 6) is -1.21. The van der Waals surface area contributed by atoms with E-state index in [-0.39, 0.29) is 12.6 Å². The van der Waals surface area contributed by atoms with Gasteiger partial charge in [-0.05, 0) is 37.3 Å². The van der Waals surface area contributed by atoms with Crippen LogP contribution in [0.3, 0.4) is 0 Å². The van der Waals surface area contributed by atoms with Gasteiger partial charge in [0, 0.05) is 12.6 Å². The van der Waals surface area contributed by atoms with E-state index in [0.29, 0.717) is 0 Å². The number of carboxylic acid groups (broad SMARTS) is 1. The van der Waals surface area contributed by atoms with Gasteiger partial charge in [0.05, 0.1) is 0 Å². The van der Waals surface area contributed by atoms with E-state index in [1.165, 1.54) is 18.1 Å². The van der Waals surface area contributed by atoms with Crippen LogP contribution in [0.1, 0.15) is 24.5 Å². The minimum absolute atomic E-state index is 0.0224. The summed E-state index contributed by atoms with van der Waals surface area (Å²) in [5, 5.41) is 22.2. The van der Waals surface area contributed by atoms with Crippen molar-refractivity contribution >= 4 is 5.97 Å². The molecule has 0 aliphatic carbocycles. The smallest absolute Gasteiger partial charge is 0.336 e. The molecule has 0 radical (unpaired) electrons. The monoisotopic (exact) mass is 327 g/mol. The number of aliphatic carboxylic acids is 1. The van der Waals surface area contributed by atoms with Crippen molar-refractivity contribution in [2.75, 3.05) is 6.54 Å². The third-order valence-electron chi connectivity index (χ3n) is 4.14. The first-order chi connectivity index (χ1) is 11.5. The largest absolute Gasteiger partial charge is 0.479 e. The second kappa shape index (κ2) is 8.62. The Labute approximate surface area is 143 Å². The highest BCUT2D eigenvalue weighted by molar-refractivity contribution is 5.76. The molecule has 2 aromatic rings. The molecule has 2 rings (SSSR count).